The van der Waals surface area contributed by atoms with Gasteiger partial charge in [-0.25, -0.2) is 4.79 Å². The quantitative estimate of drug-likeness (QED) is 0.425. The van der Waals surface area contributed by atoms with E-state index in [-0.39, 0.29) is 11.9 Å². The van der Waals surface area contributed by atoms with Gasteiger partial charge in [-0.15, -0.1) is 0 Å². The van der Waals surface area contributed by atoms with E-state index < -0.39 is 0 Å². The first-order chi connectivity index (χ1) is 14.1. The van der Waals surface area contributed by atoms with Crippen LogP contribution in [0.1, 0.15) is 47.4 Å². The maximum Gasteiger partial charge on any atom is 0.337 e. The Hall–Kier alpha value is -2.93. The summed E-state index contributed by atoms with van der Waals surface area (Å²) in [5, 5.41) is 0. The molecule has 0 aliphatic heterocycles. The van der Waals surface area contributed by atoms with E-state index in [1.54, 1.807) is 36.4 Å². The molecule has 3 rings (SSSR count). The highest BCUT2D eigenvalue weighted by atomic mass is 32.1. The van der Waals surface area contributed by atoms with Crippen LogP contribution >= 0.6 is 11.3 Å². The lowest BCUT2D eigenvalue weighted by Crippen LogP contribution is -2.15. The fourth-order valence-corrected chi connectivity index (χ4v) is 4.02. The molecule has 0 aliphatic carbocycles. The van der Waals surface area contributed by atoms with E-state index in [0.717, 1.165) is 28.8 Å². The highest BCUT2D eigenvalue weighted by molar-refractivity contribution is 7.16. The van der Waals surface area contributed by atoms with Crippen molar-refractivity contribution >= 4 is 33.4 Å². The van der Waals surface area contributed by atoms with Crippen molar-refractivity contribution in [3.8, 4) is 5.75 Å². The van der Waals surface area contributed by atoms with Gasteiger partial charge in [0.2, 0.25) is 0 Å². The van der Waals surface area contributed by atoms with Crippen LogP contribution in [0.3, 0.4) is 0 Å². The first-order valence-electron chi connectivity index (χ1n) is 9.61. The minimum atomic E-state index is -0.390. The normalized spacial score (nSPS) is 11.6. The lowest BCUT2D eigenvalue weighted by atomic mass is 10.2. The molecule has 152 valence electrons. The molecule has 0 unspecified atom stereocenters. The van der Waals surface area contributed by atoms with Crippen molar-refractivity contribution in [1.82, 2.24) is 4.57 Å². The average molecular weight is 413 g/mol. The molecule has 3 aromatic rings. The van der Waals surface area contributed by atoms with Gasteiger partial charge in [0, 0.05) is 12.1 Å². The van der Waals surface area contributed by atoms with Crippen molar-refractivity contribution < 1.29 is 19.1 Å². The fourth-order valence-electron chi connectivity index (χ4n) is 2.89. The number of ether oxygens (including phenoxy) is 2. The smallest absolute Gasteiger partial charge is 0.337 e. The molecule has 0 saturated carbocycles. The molecular weight excluding hydrogens is 388 g/mol. The molecule has 6 nitrogen and oxygen atoms in total. The summed E-state index contributed by atoms with van der Waals surface area (Å²) in [5.74, 6) is 0.0436. The summed E-state index contributed by atoms with van der Waals surface area (Å²) >= 11 is 1.37. The number of aromatic nitrogens is 1. The topological polar surface area (TPSA) is 69.9 Å². The number of hydrogen-bond acceptors (Lipinski definition) is 5. The monoisotopic (exact) mass is 412 g/mol. The summed E-state index contributed by atoms with van der Waals surface area (Å²) in [7, 11) is 1.35. The molecule has 1 aromatic heterocycles. The molecule has 1 heterocycles. The lowest BCUT2D eigenvalue weighted by Gasteiger charge is -2.05. The number of methoxy groups -OCH3 is 1. The fraction of sp³-hybridized carbons (Fsp3) is 0.318. The van der Waals surface area contributed by atoms with Gasteiger partial charge in [-0.3, -0.25) is 4.79 Å². The number of amides is 1. The molecule has 29 heavy (non-hydrogen) atoms. The minimum Gasteiger partial charge on any atom is -0.494 e. The Morgan fingerprint density at radius 1 is 1.07 bits per heavy atom. The van der Waals surface area contributed by atoms with Gasteiger partial charge in [0.1, 0.15) is 5.75 Å². The molecular formula is C22H24N2O4S. The zero-order valence-corrected chi connectivity index (χ0v) is 17.6. The number of benzene rings is 2. The van der Waals surface area contributed by atoms with Gasteiger partial charge >= 0.3 is 5.97 Å². The zero-order valence-electron chi connectivity index (χ0n) is 16.8. The predicted molar refractivity (Wildman–Crippen MR) is 114 cm³/mol. The van der Waals surface area contributed by atoms with Crippen LogP contribution in [0.4, 0.5) is 0 Å². The van der Waals surface area contributed by atoms with Gasteiger partial charge in [-0.1, -0.05) is 24.7 Å². The SMILES string of the molecule is CCCCOc1ccc(C(=O)N=c2sc3cc(C(=O)OC)ccc3n2CC)cc1. The van der Waals surface area contributed by atoms with Crippen molar-refractivity contribution in [3.05, 3.63) is 58.4 Å². The van der Waals surface area contributed by atoms with Gasteiger partial charge in [-0.2, -0.15) is 4.99 Å². The summed E-state index contributed by atoms with van der Waals surface area (Å²) in [6.07, 6.45) is 2.07. The second kappa shape index (κ2) is 9.52. The third-order valence-electron chi connectivity index (χ3n) is 4.49. The standard InChI is InChI=1S/C22H24N2O4S/c1-4-6-13-28-17-10-7-15(8-11-17)20(25)23-22-24(5-2)18-12-9-16(21(26)27-3)14-19(18)29-22/h7-12,14H,4-6,13H2,1-3H3. The molecule has 0 spiro atoms. The van der Waals surface area contributed by atoms with E-state index in [1.807, 2.05) is 17.6 Å². The molecule has 2 aromatic carbocycles. The van der Waals surface area contributed by atoms with Gasteiger partial charge in [0.05, 0.1) is 29.5 Å². The predicted octanol–water partition coefficient (Wildman–Crippen LogP) is 4.43. The number of rotatable bonds is 7. The van der Waals surface area contributed by atoms with Crippen LogP contribution in [-0.4, -0.2) is 30.2 Å². The second-order valence-electron chi connectivity index (χ2n) is 6.45. The Labute approximate surface area is 173 Å². The number of carbonyl (C=O) groups is 2. The average Bonchev–Trinajstić information content (AvgIpc) is 3.09. The van der Waals surface area contributed by atoms with E-state index in [1.165, 1.54) is 18.4 Å². The number of esters is 1. The summed E-state index contributed by atoms with van der Waals surface area (Å²) < 4.78 is 13.3. The van der Waals surface area contributed by atoms with Crippen LogP contribution in [0, 0.1) is 0 Å². The number of hydrogen-bond donors (Lipinski definition) is 0. The number of aryl methyl sites for hydroxylation is 1. The minimum absolute atomic E-state index is 0.313. The lowest BCUT2D eigenvalue weighted by molar-refractivity contribution is 0.0601. The highest BCUT2D eigenvalue weighted by Gasteiger charge is 2.12. The Balaban J connectivity index is 1.90. The first-order valence-corrected chi connectivity index (χ1v) is 10.4. The van der Waals surface area contributed by atoms with Crippen LogP contribution in [0.5, 0.6) is 5.75 Å². The van der Waals surface area contributed by atoms with Crippen molar-refractivity contribution in [2.75, 3.05) is 13.7 Å². The van der Waals surface area contributed by atoms with Crippen LogP contribution in [0.25, 0.3) is 10.2 Å². The van der Waals surface area contributed by atoms with Gasteiger partial charge < -0.3 is 14.0 Å². The van der Waals surface area contributed by atoms with E-state index in [2.05, 4.69) is 11.9 Å². The molecule has 0 aliphatic rings. The highest BCUT2D eigenvalue weighted by Crippen LogP contribution is 2.20. The van der Waals surface area contributed by atoms with Crippen molar-refractivity contribution in [3.63, 3.8) is 0 Å². The summed E-state index contributed by atoms with van der Waals surface area (Å²) in [4.78, 5) is 29.4. The maximum absolute atomic E-state index is 12.7. The number of carbonyl (C=O) groups excluding carboxylic acids is 2. The third kappa shape index (κ3) is 4.74. The van der Waals surface area contributed by atoms with Gasteiger partial charge in [-0.05, 0) is 55.8 Å². The molecule has 0 radical (unpaired) electrons. The Bertz CT molecular complexity index is 1080. The Morgan fingerprint density at radius 3 is 2.45 bits per heavy atom. The molecule has 0 saturated heterocycles. The van der Waals surface area contributed by atoms with Crippen LogP contribution in [-0.2, 0) is 11.3 Å². The van der Waals surface area contributed by atoms with E-state index >= 15 is 0 Å². The Morgan fingerprint density at radius 2 is 1.79 bits per heavy atom. The molecule has 0 atom stereocenters. The number of unbranched alkanes of at least 4 members (excludes halogenated alkanes) is 1. The Kier molecular flexibility index (Phi) is 6.82. The molecule has 7 heteroatoms. The van der Waals surface area contributed by atoms with Crippen molar-refractivity contribution in [2.45, 2.75) is 33.2 Å². The van der Waals surface area contributed by atoms with Crippen molar-refractivity contribution in [1.29, 1.82) is 0 Å². The van der Waals surface area contributed by atoms with E-state index in [9.17, 15) is 9.59 Å². The third-order valence-corrected chi connectivity index (χ3v) is 5.53. The number of thiazole rings is 1. The number of nitrogens with zero attached hydrogens (tertiary/aromatic N) is 2. The van der Waals surface area contributed by atoms with Gasteiger partial charge in [0.25, 0.3) is 5.91 Å². The molecule has 1 amide bonds. The van der Waals surface area contributed by atoms with E-state index in [0.29, 0.717) is 29.1 Å². The summed E-state index contributed by atoms with van der Waals surface area (Å²) in [6.45, 7) is 5.43. The van der Waals surface area contributed by atoms with Crippen LogP contribution < -0.4 is 9.54 Å². The van der Waals surface area contributed by atoms with Gasteiger partial charge in [0.15, 0.2) is 4.80 Å². The van der Waals surface area contributed by atoms with E-state index in [4.69, 9.17) is 9.47 Å². The molecule has 0 fully saturated rings. The second-order valence-corrected chi connectivity index (χ2v) is 7.46. The maximum atomic E-state index is 12.7. The summed E-state index contributed by atoms with van der Waals surface area (Å²) in [6, 6.07) is 12.4. The first kappa shape index (κ1) is 20.8. The van der Waals surface area contributed by atoms with Crippen LogP contribution in [0.2, 0.25) is 0 Å². The number of fused-ring (bicyclic) bond motifs is 1. The van der Waals surface area contributed by atoms with Crippen LogP contribution in [0.15, 0.2) is 47.5 Å². The summed E-state index contributed by atoms with van der Waals surface area (Å²) in [5.41, 5.74) is 1.90. The largest absolute Gasteiger partial charge is 0.494 e. The molecule has 0 bridgehead atoms. The van der Waals surface area contributed by atoms with Crippen molar-refractivity contribution in [2.24, 2.45) is 4.99 Å². The zero-order chi connectivity index (χ0) is 20.8. The molecule has 0 N–H and O–H groups in total.